The SMILES string of the molecule is CCOC(=O)CC(OC(=O)[C@@H](N)C(C)C)C(=O)OC[C@H]1O[C@@H](n2cnc3c(=O)[nH]c(N)nc32)C[C@@H]1F. The molecule has 2 aromatic heterocycles. The van der Waals surface area contributed by atoms with Gasteiger partial charge < -0.3 is 30.4 Å². The molecule has 1 saturated heterocycles. The number of anilines is 1. The van der Waals surface area contributed by atoms with Crippen molar-refractivity contribution in [3.63, 3.8) is 0 Å². The Balaban J connectivity index is 1.66. The quantitative estimate of drug-likeness (QED) is 0.278. The van der Waals surface area contributed by atoms with Gasteiger partial charge in [0.15, 0.2) is 11.2 Å². The lowest BCUT2D eigenvalue weighted by Gasteiger charge is -2.21. The van der Waals surface area contributed by atoms with E-state index in [0.29, 0.717) is 0 Å². The summed E-state index contributed by atoms with van der Waals surface area (Å²) in [5.41, 5.74) is 10.9. The second-order valence-corrected chi connectivity index (χ2v) is 8.49. The number of hydrogen-bond donors (Lipinski definition) is 3. The summed E-state index contributed by atoms with van der Waals surface area (Å²) in [6.45, 7) is 4.46. The molecule has 0 spiro atoms. The van der Waals surface area contributed by atoms with Crippen LogP contribution < -0.4 is 17.0 Å². The maximum atomic E-state index is 14.7. The van der Waals surface area contributed by atoms with Gasteiger partial charge in [-0.3, -0.25) is 23.9 Å². The number of alkyl halides is 1. The molecule has 36 heavy (non-hydrogen) atoms. The Morgan fingerprint density at radius 2 is 2.03 bits per heavy atom. The molecule has 5 N–H and O–H groups in total. The zero-order valence-corrected chi connectivity index (χ0v) is 20.0. The molecule has 0 radical (unpaired) electrons. The van der Waals surface area contributed by atoms with Gasteiger partial charge in [-0.2, -0.15) is 4.98 Å². The van der Waals surface area contributed by atoms with E-state index in [0.717, 1.165) is 0 Å². The van der Waals surface area contributed by atoms with Gasteiger partial charge in [-0.15, -0.1) is 0 Å². The largest absolute Gasteiger partial charge is 0.466 e. The summed E-state index contributed by atoms with van der Waals surface area (Å²) in [5.74, 6) is -3.20. The molecule has 5 atom stereocenters. The van der Waals surface area contributed by atoms with Crippen LogP contribution in [0.2, 0.25) is 0 Å². The van der Waals surface area contributed by atoms with E-state index in [2.05, 4.69) is 15.0 Å². The fourth-order valence-corrected chi connectivity index (χ4v) is 3.46. The van der Waals surface area contributed by atoms with Gasteiger partial charge in [-0.05, 0) is 12.8 Å². The van der Waals surface area contributed by atoms with Crippen LogP contribution in [-0.4, -0.2) is 75.1 Å². The molecule has 2 aromatic rings. The summed E-state index contributed by atoms with van der Waals surface area (Å²) in [4.78, 5) is 59.0. The molecule has 3 heterocycles. The molecule has 0 bridgehead atoms. The van der Waals surface area contributed by atoms with E-state index in [-0.39, 0.29) is 36.1 Å². The van der Waals surface area contributed by atoms with Crippen LogP contribution in [0.15, 0.2) is 11.1 Å². The van der Waals surface area contributed by atoms with Crippen LogP contribution in [-0.2, 0) is 33.3 Å². The molecule has 0 aliphatic carbocycles. The number of carbonyl (C=O) groups excluding carboxylic acids is 3. The Hall–Kier alpha value is -3.59. The number of rotatable bonds is 10. The van der Waals surface area contributed by atoms with E-state index in [4.69, 9.17) is 30.4 Å². The minimum atomic E-state index is -1.63. The van der Waals surface area contributed by atoms with Crippen molar-refractivity contribution < 1.29 is 37.7 Å². The first-order chi connectivity index (χ1) is 17.0. The highest BCUT2D eigenvalue weighted by atomic mass is 19.1. The van der Waals surface area contributed by atoms with E-state index in [1.807, 2.05) is 0 Å². The van der Waals surface area contributed by atoms with Crippen molar-refractivity contribution in [1.82, 2.24) is 19.5 Å². The van der Waals surface area contributed by atoms with Crippen molar-refractivity contribution in [2.45, 2.75) is 64.3 Å². The number of ether oxygens (including phenoxy) is 4. The number of esters is 3. The first kappa shape index (κ1) is 27.0. The number of imidazole rings is 1. The summed E-state index contributed by atoms with van der Waals surface area (Å²) >= 11 is 0. The van der Waals surface area contributed by atoms with Gasteiger partial charge in [0.1, 0.15) is 31.2 Å². The molecular formula is C21H29FN6O8. The maximum absolute atomic E-state index is 14.7. The Bertz CT molecular complexity index is 1170. The molecule has 1 fully saturated rings. The smallest absolute Gasteiger partial charge is 0.348 e. The third kappa shape index (κ3) is 6.15. The minimum Gasteiger partial charge on any atom is -0.466 e. The molecule has 3 rings (SSSR count). The van der Waals surface area contributed by atoms with Crippen LogP contribution in [0.25, 0.3) is 11.2 Å². The number of H-pyrrole nitrogens is 1. The predicted molar refractivity (Wildman–Crippen MR) is 121 cm³/mol. The lowest BCUT2D eigenvalue weighted by Crippen LogP contribution is -2.42. The Morgan fingerprint density at radius 1 is 1.31 bits per heavy atom. The lowest BCUT2D eigenvalue weighted by atomic mass is 10.1. The number of fused-ring (bicyclic) bond motifs is 1. The normalized spacial score (nSPS) is 21.3. The number of aromatic amines is 1. The van der Waals surface area contributed by atoms with Crippen molar-refractivity contribution in [2.75, 3.05) is 18.9 Å². The van der Waals surface area contributed by atoms with Gasteiger partial charge in [0.25, 0.3) is 5.56 Å². The number of nitrogens with zero attached hydrogens (tertiary/aromatic N) is 3. The summed E-state index contributed by atoms with van der Waals surface area (Å²) in [5, 5.41) is 0. The molecule has 1 aliphatic rings. The highest BCUT2D eigenvalue weighted by Crippen LogP contribution is 2.32. The predicted octanol–water partition coefficient (Wildman–Crippen LogP) is -0.281. The molecule has 0 saturated carbocycles. The second kappa shape index (κ2) is 11.4. The van der Waals surface area contributed by atoms with Gasteiger partial charge in [-0.25, -0.2) is 14.2 Å². The molecule has 1 aliphatic heterocycles. The summed E-state index contributed by atoms with van der Waals surface area (Å²) < 4.78 is 36.8. The van der Waals surface area contributed by atoms with Crippen LogP contribution in [0, 0.1) is 5.92 Å². The average Bonchev–Trinajstić information content (AvgIpc) is 3.39. The third-order valence-corrected chi connectivity index (χ3v) is 5.48. The monoisotopic (exact) mass is 512 g/mol. The third-order valence-electron chi connectivity index (χ3n) is 5.48. The summed E-state index contributed by atoms with van der Waals surface area (Å²) in [7, 11) is 0. The van der Waals surface area contributed by atoms with Crippen LogP contribution in [0.3, 0.4) is 0 Å². The topological polar surface area (TPSA) is 204 Å². The molecule has 14 nitrogen and oxygen atoms in total. The van der Waals surface area contributed by atoms with E-state index in [1.165, 1.54) is 10.9 Å². The van der Waals surface area contributed by atoms with Crippen LogP contribution in [0.5, 0.6) is 0 Å². The van der Waals surface area contributed by atoms with Gasteiger partial charge in [0, 0.05) is 6.42 Å². The average molecular weight is 512 g/mol. The summed E-state index contributed by atoms with van der Waals surface area (Å²) in [6, 6.07) is -1.03. The molecule has 1 unspecified atom stereocenters. The van der Waals surface area contributed by atoms with Gasteiger partial charge in [0.05, 0.1) is 19.4 Å². The lowest BCUT2D eigenvalue weighted by molar-refractivity contribution is -0.175. The molecule has 0 aromatic carbocycles. The van der Waals surface area contributed by atoms with Crippen molar-refractivity contribution in [2.24, 2.45) is 11.7 Å². The number of carbonyl (C=O) groups is 3. The number of halogens is 1. The first-order valence-electron chi connectivity index (χ1n) is 11.3. The van der Waals surface area contributed by atoms with Crippen molar-refractivity contribution in [3.05, 3.63) is 16.7 Å². The number of nitrogens with two attached hydrogens (primary N) is 2. The molecule has 198 valence electrons. The molecule has 15 heteroatoms. The Kier molecular flexibility index (Phi) is 8.57. The highest BCUT2D eigenvalue weighted by Gasteiger charge is 2.39. The Labute approximate surface area is 204 Å². The maximum Gasteiger partial charge on any atom is 0.348 e. The zero-order chi connectivity index (χ0) is 26.6. The van der Waals surface area contributed by atoms with Crippen molar-refractivity contribution in [3.8, 4) is 0 Å². The van der Waals surface area contributed by atoms with Crippen LogP contribution in [0.1, 0.15) is 39.8 Å². The van der Waals surface area contributed by atoms with Crippen LogP contribution in [0.4, 0.5) is 10.3 Å². The van der Waals surface area contributed by atoms with Crippen molar-refractivity contribution >= 4 is 35.0 Å². The van der Waals surface area contributed by atoms with E-state index in [9.17, 15) is 23.6 Å². The minimum absolute atomic E-state index is 0.00122. The molecule has 0 amide bonds. The fraction of sp³-hybridized carbons (Fsp3) is 0.619. The zero-order valence-electron chi connectivity index (χ0n) is 20.0. The van der Waals surface area contributed by atoms with Gasteiger partial charge >= 0.3 is 17.9 Å². The standard InChI is InChI=1S/C21H29FN6O8/c1-4-33-14(29)6-11(36-20(32)15(23)9(2)3)19(31)34-7-12-10(22)5-13(35-12)28-8-25-16-17(28)26-21(24)27-18(16)30/h8-13,15H,4-7,23H2,1-3H3,(H3,24,26,27,30)/t10-,11?,12+,13+,15-/m0/s1. The number of nitrogen functional groups attached to an aromatic ring is 1. The first-order valence-corrected chi connectivity index (χ1v) is 11.3. The summed E-state index contributed by atoms with van der Waals surface area (Å²) in [6.07, 6.45) is -4.75. The van der Waals surface area contributed by atoms with Crippen molar-refractivity contribution in [1.29, 1.82) is 0 Å². The highest BCUT2D eigenvalue weighted by molar-refractivity contribution is 5.85. The van der Waals surface area contributed by atoms with Gasteiger partial charge in [0.2, 0.25) is 12.1 Å². The Morgan fingerprint density at radius 3 is 2.69 bits per heavy atom. The van der Waals surface area contributed by atoms with E-state index < -0.39 is 67.1 Å². The fourth-order valence-electron chi connectivity index (χ4n) is 3.46. The molecular weight excluding hydrogens is 483 g/mol. The van der Waals surface area contributed by atoms with Gasteiger partial charge in [-0.1, -0.05) is 13.8 Å². The second-order valence-electron chi connectivity index (χ2n) is 8.49. The van der Waals surface area contributed by atoms with E-state index in [1.54, 1.807) is 20.8 Å². The van der Waals surface area contributed by atoms with E-state index >= 15 is 0 Å². The number of aromatic nitrogens is 4. The van der Waals surface area contributed by atoms with Crippen LogP contribution >= 0.6 is 0 Å². The number of nitrogens with one attached hydrogen (secondary N) is 1. The number of hydrogen-bond acceptors (Lipinski definition) is 12.